The van der Waals surface area contributed by atoms with Crippen molar-refractivity contribution in [2.75, 3.05) is 19.9 Å². The number of ether oxygens (including phenoxy) is 2. The smallest absolute Gasteiger partial charge is 0.264 e. The summed E-state index contributed by atoms with van der Waals surface area (Å²) in [5.74, 6) is 1.42. The van der Waals surface area contributed by atoms with E-state index in [0.29, 0.717) is 36.7 Å². The molecule has 1 atom stereocenters. The van der Waals surface area contributed by atoms with Gasteiger partial charge in [-0.2, -0.15) is 0 Å². The summed E-state index contributed by atoms with van der Waals surface area (Å²) >= 11 is 1.42. The Morgan fingerprint density at radius 2 is 2.11 bits per heavy atom. The summed E-state index contributed by atoms with van der Waals surface area (Å²) in [5, 5.41) is 1.89. The predicted molar refractivity (Wildman–Crippen MR) is 102 cm³/mol. The van der Waals surface area contributed by atoms with Gasteiger partial charge in [-0.15, -0.1) is 11.3 Å². The largest absolute Gasteiger partial charge is 0.454 e. The Morgan fingerprint density at radius 1 is 1.26 bits per heavy atom. The molecule has 3 heterocycles. The monoisotopic (exact) mass is 386 g/mol. The van der Waals surface area contributed by atoms with E-state index in [1.54, 1.807) is 4.90 Å². The lowest BCUT2D eigenvalue weighted by Gasteiger charge is -2.29. The molecule has 1 fully saturated rings. The molecule has 0 spiro atoms. The molecule has 2 aromatic rings. The number of rotatable bonds is 5. The number of nitrogens with zero attached hydrogens (tertiary/aromatic N) is 2. The van der Waals surface area contributed by atoms with Crippen LogP contribution in [0.25, 0.3) is 0 Å². The van der Waals surface area contributed by atoms with Crippen molar-refractivity contribution < 1.29 is 19.1 Å². The first-order chi connectivity index (χ1) is 13.2. The van der Waals surface area contributed by atoms with Gasteiger partial charge in [0.2, 0.25) is 12.7 Å². The van der Waals surface area contributed by atoms with Gasteiger partial charge in [-0.3, -0.25) is 9.59 Å². The molecule has 0 bridgehead atoms. The lowest BCUT2D eigenvalue weighted by Crippen LogP contribution is -2.47. The second-order valence-electron chi connectivity index (χ2n) is 6.67. The van der Waals surface area contributed by atoms with Crippen LogP contribution < -0.4 is 9.47 Å². The van der Waals surface area contributed by atoms with E-state index >= 15 is 0 Å². The SMILES string of the molecule is CCN(Cc1ccc2c(c1)OCO2)C(=O)C1CCCN1C(=O)c1cccs1. The van der Waals surface area contributed by atoms with Crippen LogP contribution in [0.1, 0.15) is 35.0 Å². The summed E-state index contributed by atoms with van der Waals surface area (Å²) in [6.45, 7) is 3.91. The van der Waals surface area contributed by atoms with Crippen molar-refractivity contribution in [1.29, 1.82) is 0 Å². The van der Waals surface area contributed by atoms with E-state index in [1.807, 2.05) is 47.5 Å². The number of hydrogen-bond donors (Lipinski definition) is 0. The van der Waals surface area contributed by atoms with Crippen molar-refractivity contribution >= 4 is 23.2 Å². The molecule has 1 aromatic heterocycles. The molecule has 27 heavy (non-hydrogen) atoms. The molecule has 0 saturated carbocycles. The lowest BCUT2D eigenvalue weighted by molar-refractivity contribution is -0.135. The highest BCUT2D eigenvalue weighted by molar-refractivity contribution is 7.12. The minimum atomic E-state index is -0.381. The zero-order chi connectivity index (χ0) is 18.8. The molecule has 4 rings (SSSR count). The van der Waals surface area contributed by atoms with E-state index in [9.17, 15) is 9.59 Å². The Balaban J connectivity index is 1.48. The van der Waals surface area contributed by atoms with Gasteiger partial charge in [0.25, 0.3) is 5.91 Å². The molecule has 0 aliphatic carbocycles. The Hall–Kier alpha value is -2.54. The first-order valence-corrected chi connectivity index (χ1v) is 10.1. The average Bonchev–Trinajstić information content (AvgIpc) is 3.45. The number of benzene rings is 1. The van der Waals surface area contributed by atoms with Crippen LogP contribution in [0.3, 0.4) is 0 Å². The van der Waals surface area contributed by atoms with Crippen molar-refractivity contribution in [2.45, 2.75) is 32.4 Å². The maximum atomic E-state index is 13.2. The van der Waals surface area contributed by atoms with Gasteiger partial charge in [-0.05, 0) is 48.9 Å². The topological polar surface area (TPSA) is 59.1 Å². The molecule has 1 aromatic carbocycles. The minimum Gasteiger partial charge on any atom is -0.454 e. The molecular weight excluding hydrogens is 364 g/mol. The number of carbonyl (C=O) groups is 2. The minimum absolute atomic E-state index is 0.0116. The molecule has 2 amide bonds. The maximum absolute atomic E-state index is 13.2. The van der Waals surface area contributed by atoms with Gasteiger partial charge in [0, 0.05) is 19.6 Å². The maximum Gasteiger partial charge on any atom is 0.264 e. The third kappa shape index (κ3) is 3.51. The van der Waals surface area contributed by atoms with E-state index < -0.39 is 0 Å². The van der Waals surface area contributed by atoms with Gasteiger partial charge in [-0.1, -0.05) is 12.1 Å². The van der Waals surface area contributed by atoms with Crippen LogP contribution in [-0.4, -0.2) is 47.5 Å². The Labute approximate surface area is 162 Å². The highest BCUT2D eigenvalue weighted by Gasteiger charge is 2.37. The van der Waals surface area contributed by atoms with Crippen LogP contribution >= 0.6 is 11.3 Å². The predicted octanol–water partition coefficient (Wildman–Crippen LogP) is 3.13. The van der Waals surface area contributed by atoms with Gasteiger partial charge >= 0.3 is 0 Å². The fraction of sp³-hybridized carbons (Fsp3) is 0.400. The number of amides is 2. The molecule has 0 N–H and O–H groups in total. The van der Waals surface area contributed by atoms with E-state index in [0.717, 1.165) is 17.7 Å². The van der Waals surface area contributed by atoms with Gasteiger partial charge in [0.05, 0.1) is 4.88 Å². The molecule has 0 radical (unpaired) electrons. The summed E-state index contributed by atoms with van der Waals surface area (Å²) in [4.78, 5) is 30.2. The van der Waals surface area contributed by atoms with Crippen LogP contribution in [0, 0.1) is 0 Å². The van der Waals surface area contributed by atoms with Crippen molar-refractivity contribution in [2.24, 2.45) is 0 Å². The van der Waals surface area contributed by atoms with Crippen molar-refractivity contribution in [3.8, 4) is 11.5 Å². The van der Waals surface area contributed by atoms with Gasteiger partial charge in [-0.25, -0.2) is 0 Å². The molecule has 7 heteroatoms. The third-order valence-electron chi connectivity index (χ3n) is 5.03. The summed E-state index contributed by atoms with van der Waals surface area (Å²) in [6, 6.07) is 9.04. The number of carbonyl (C=O) groups excluding carboxylic acids is 2. The van der Waals surface area contributed by atoms with Crippen LogP contribution in [0.4, 0.5) is 0 Å². The highest BCUT2D eigenvalue weighted by atomic mass is 32.1. The zero-order valence-electron chi connectivity index (χ0n) is 15.2. The molecule has 6 nitrogen and oxygen atoms in total. The molecule has 142 valence electrons. The van der Waals surface area contributed by atoms with Crippen molar-refractivity contribution in [3.05, 3.63) is 46.2 Å². The fourth-order valence-electron chi connectivity index (χ4n) is 3.62. The molecule has 1 saturated heterocycles. The molecule has 1 unspecified atom stereocenters. The van der Waals surface area contributed by atoms with Crippen LogP contribution in [0.5, 0.6) is 11.5 Å². The third-order valence-corrected chi connectivity index (χ3v) is 5.89. The van der Waals surface area contributed by atoms with Crippen LogP contribution in [-0.2, 0) is 11.3 Å². The van der Waals surface area contributed by atoms with Crippen LogP contribution in [0.2, 0.25) is 0 Å². The fourth-order valence-corrected chi connectivity index (χ4v) is 4.30. The number of likely N-dealkylation sites (tertiary alicyclic amines) is 1. The van der Waals surface area contributed by atoms with Gasteiger partial charge < -0.3 is 19.3 Å². The Morgan fingerprint density at radius 3 is 2.89 bits per heavy atom. The first kappa shape index (κ1) is 17.9. The number of thiophene rings is 1. The molecular formula is C20H22N2O4S. The Bertz CT molecular complexity index is 837. The summed E-state index contributed by atoms with van der Waals surface area (Å²) in [5.41, 5.74) is 0.989. The molecule has 2 aliphatic heterocycles. The van der Waals surface area contributed by atoms with E-state index in [-0.39, 0.29) is 24.6 Å². The van der Waals surface area contributed by atoms with Gasteiger partial charge in [0.1, 0.15) is 6.04 Å². The number of hydrogen-bond acceptors (Lipinski definition) is 5. The normalized spacial score (nSPS) is 18.0. The van der Waals surface area contributed by atoms with Crippen molar-refractivity contribution in [3.63, 3.8) is 0 Å². The number of fused-ring (bicyclic) bond motifs is 1. The van der Waals surface area contributed by atoms with Crippen molar-refractivity contribution in [1.82, 2.24) is 9.80 Å². The second-order valence-corrected chi connectivity index (χ2v) is 7.62. The quantitative estimate of drug-likeness (QED) is 0.792. The summed E-state index contributed by atoms with van der Waals surface area (Å²) in [6.07, 6.45) is 1.57. The zero-order valence-corrected chi connectivity index (χ0v) is 16.0. The summed E-state index contributed by atoms with van der Waals surface area (Å²) in [7, 11) is 0. The lowest BCUT2D eigenvalue weighted by atomic mass is 10.1. The number of likely N-dealkylation sites (N-methyl/N-ethyl adjacent to an activating group) is 1. The Kier molecular flexibility index (Phi) is 5.03. The van der Waals surface area contributed by atoms with E-state index in [4.69, 9.17) is 9.47 Å². The first-order valence-electron chi connectivity index (χ1n) is 9.19. The standard InChI is InChI=1S/C20H22N2O4S/c1-2-21(12-14-7-8-16-17(11-14)26-13-25-16)19(23)15-5-3-9-22(15)20(24)18-6-4-10-27-18/h4,6-8,10-11,15H,2-3,5,9,12-13H2,1H3. The second kappa shape index (κ2) is 7.60. The average molecular weight is 386 g/mol. The van der Waals surface area contributed by atoms with E-state index in [1.165, 1.54) is 11.3 Å². The van der Waals surface area contributed by atoms with Gasteiger partial charge in [0.15, 0.2) is 11.5 Å². The van der Waals surface area contributed by atoms with E-state index in [2.05, 4.69) is 0 Å². The van der Waals surface area contributed by atoms with Crippen LogP contribution in [0.15, 0.2) is 35.7 Å². The highest BCUT2D eigenvalue weighted by Crippen LogP contribution is 2.33. The molecule has 2 aliphatic rings. The summed E-state index contributed by atoms with van der Waals surface area (Å²) < 4.78 is 10.8.